The molecule has 3 rings (SSSR count). The van der Waals surface area contributed by atoms with Crippen LogP contribution in [0.15, 0.2) is 24.3 Å². The summed E-state index contributed by atoms with van der Waals surface area (Å²) < 4.78 is 6.19. The van der Waals surface area contributed by atoms with Crippen LogP contribution in [0, 0.1) is 0 Å². The Balaban J connectivity index is 1.82. The first kappa shape index (κ1) is 15.7. The topological polar surface area (TPSA) is 78.9 Å². The normalized spacial score (nSPS) is 20.3. The number of hydrogen-bond acceptors (Lipinski definition) is 5. The van der Waals surface area contributed by atoms with Gasteiger partial charge < -0.3 is 9.64 Å². The van der Waals surface area contributed by atoms with Gasteiger partial charge in [-0.2, -0.15) is 0 Å². The van der Waals surface area contributed by atoms with Crippen LogP contribution in [0.3, 0.4) is 0 Å². The zero-order valence-corrected chi connectivity index (χ0v) is 13.0. The minimum Gasteiger partial charge on any atom is -0.486 e. The van der Waals surface area contributed by atoms with Crippen molar-refractivity contribution in [2.24, 2.45) is 0 Å². The highest BCUT2D eigenvalue weighted by Crippen LogP contribution is 2.39. The second-order valence-corrected chi connectivity index (χ2v) is 6.25. The molecule has 2 aliphatic heterocycles. The lowest BCUT2D eigenvalue weighted by atomic mass is 9.82. The molecule has 2 heterocycles. The fourth-order valence-electron chi connectivity index (χ4n) is 3.13. The number of fused-ring (bicyclic) bond motifs is 1. The molecule has 0 atom stereocenters. The quantitative estimate of drug-likeness (QED) is 0.492. The number of hydrogen-bond donors (Lipinski definition) is 2. The first-order chi connectivity index (χ1) is 11.0. The smallest absolute Gasteiger partial charge is 0.267 e. The number of nitrogens with one attached hydrogen (secondary N) is 1. The zero-order valence-electron chi connectivity index (χ0n) is 13.0. The molecule has 0 bridgehead atoms. The van der Waals surface area contributed by atoms with Crippen molar-refractivity contribution < 1.29 is 19.5 Å². The fourth-order valence-corrected chi connectivity index (χ4v) is 3.13. The number of likely N-dealkylation sites (tertiary alicyclic amines) is 1. The van der Waals surface area contributed by atoms with Gasteiger partial charge in [0.25, 0.3) is 5.91 Å². The van der Waals surface area contributed by atoms with Crippen LogP contribution in [-0.4, -0.2) is 47.5 Å². The number of nitrogens with zero attached hydrogens (tertiary/aromatic N) is 1. The van der Waals surface area contributed by atoms with Gasteiger partial charge in [-0.05, 0) is 30.8 Å². The number of Topliss-reactive ketones (excluding diaryl/α,β-unsaturated/α-hetero) is 1. The highest BCUT2D eigenvalue weighted by Gasteiger charge is 2.42. The van der Waals surface area contributed by atoms with Crippen molar-refractivity contribution >= 4 is 17.8 Å². The van der Waals surface area contributed by atoms with Gasteiger partial charge in [-0.1, -0.05) is 6.07 Å². The average Bonchev–Trinajstić information content (AvgIpc) is 2.56. The summed E-state index contributed by atoms with van der Waals surface area (Å²) in [6.45, 7) is 1.86. The van der Waals surface area contributed by atoms with E-state index in [1.165, 1.54) is 11.6 Å². The average molecular weight is 316 g/mol. The fraction of sp³-hybridized carbons (Fsp3) is 0.412. The molecule has 6 nitrogen and oxygen atoms in total. The van der Waals surface area contributed by atoms with Crippen LogP contribution in [0.5, 0.6) is 5.75 Å². The number of carbonyl (C=O) groups is 2. The monoisotopic (exact) mass is 316 g/mol. The van der Waals surface area contributed by atoms with E-state index in [9.17, 15) is 9.59 Å². The first-order valence-corrected chi connectivity index (χ1v) is 7.68. The van der Waals surface area contributed by atoms with Crippen LogP contribution in [0.1, 0.15) is 35.2 Å². The number of ether oxygens (including phenoxy) is 1. The SMILES string of the molecule is CN1CCC2(CC1)CC(=O)c1cc(/C=C/C(=O)NO)ccc1O2. The minimum absolute atomic E-state index is 0.0812. The van der Waals surface area contributed by atoms with Crippen LogP contribution < -0.4 is 10.2 Å². The second-order valence-electron chi connectivity index (χ2n) is 6.25. The van der Waals surface area contributed by atoms with Gasteiger partial charge in [0.15, 0.2) is 5.78 Å². The van der Waals surface area contributed by atoms with E-state index in [2.05, 4.69) is 11.9 Å². The summed E-state index contributed by atoms with van der Waals surface area (Å²) in [4.78, 5) is 25.8. The van der Waals surface area contributed by atoms with Crippen molar-refractivity contribution in [2.45, 2.75) is 24.9 Å². The summed E-state index contributed by atoms with van der Waals surface area (Å²) in [5.74, 6) is 0.0859. The van der Waals surface area contributed by atoms with E-state index in [-0.39, 0.29) is 11.4 Å². The molecule has 1 aromatic rings. The van der Waals surface area contributed by atoms with Gasteiger partial charge in [-0.3, -0.25) is 14.8 Å². The first-order valence-electron chi connectivity index (χ1n) is 7.68. The molecule has 1 saturated heterocycles. The maximum Gasteiger partial charge on any atom is 0.267 e. The van der Waals surface area contributed by atoms with Crippen molar-refractivity contribution in [3.8, 4) is 5.75 Å². The number of ketones is 1. The molecule has 122 valence electrons. The molecule has 0 radical (unpaired) electrons. The van der Waals surface area contributed by atoms with Gasteiger partial charge in [0.05, 0.1) is 12.0 Å². The highest BCUT2D eigenvalue weighted by molar-refractivity contribution is 6.01. The molecule has 0 aromatic heterocycles. The molecule has 23 heavy (non-hydrogen) atoms. The Labute approximate surface area is 134 Å². The van der Waals surface area contributed by atoms with Crippen LogP contribution in [0.25, 0.3) is 6.08 Å². The lowest BCUT2D eigenvalue weighted by Crippen LogP contribution is -2.50. The summed E-state index contributed by atoms with van der Waals surface area (Å²) in [5, 5.41) is 8.48. The molecule has 2 aliphatic rings. The van der Waals surface area contributed by atoms with Crippen molar-refractivity contribution in [2.75, 3.05) is 20.1 Å². The van der Waals surface area contributed by atoms with E-state index >= 15 is 0 Å². The summed E-state index contributed by atoms with van der Waals surface area (Å²) in [6.07, 6.45) is 4.85. The van der Waals surface area contributed by atoms with Crippen molar-refractivity contribution in [3.05, 3.63) is 35.4 Å². The van der Waals surface area contributed by atoms with Crippen LogP contribution in [0.2, 0.25) is 0 Å². The molecule has 0 saturated carbocycles. The maximum atomic E-state index is 12.6. The Morgan fingerprint density at radius 1 is 1.39 bits per heavy atom. The van der Waals surface area contributed by atoms with E-state index in [1.54, 1.807) is 24.3 Å². The third-order valence-electron chi connectivity index (χ3n) is 4.55. The number of hydroxylamine groups is 1. The van der Waals surface area contributed by atoms with E-state index in [4.69, 9.17) is 9.94 Å². The number of benzene rings is 1. The summed E-state index contributed by atoms with van der Waals surface area (Å²) in [7, 11) is 2.08. The van der Waals surface area contributed by atoms with Crippen molar-refractivity contribution in [3.63, 3.8) is 0 Å². The Kier molecular flexibility index (Phi) is 4.19. The maximum absolute atomic E-state index is 12.6. The molecule has 1 fully saturated rings. The third-order valence-corrected chi connectivity index (χ3v) is 4.55. The predicted molar refractivity (Wildman–Crippen MR) is 84.4 cm³/mol. The summed E-state index contributed by atoms with van der Waals surface area (Å²) in [6, 6.07) is 5.30. The number of rotatable bonds is 2. The molecule has 0 aliphatic carbocycles. The van der Waals surface area contributed by atoms with Crippen LogP contribution in [-0.2, 0) is 4.79 Å². The van der Waals surface area contributed by atoms with E-state index in [1.807, 2.05) is 0 Å². The Bertz CT molecular complexity index is 661. The zero-order chi connectivity index (χ0) is 16.4. The van der Waals surface area contributed by atoms with Gasteiger partial charge in [0.2, 0.25) is 0 Å². The van der Waals surface area contributed by atoms with E-state index in [0.717, 1.165) is 25.9 Å². The molecule has 1 amide bonds. The lowest BCUT2D eigenvalue weighted by Gasteiger charge is -2.43. The molecule has 1 aromatic carbocycles. The Morgan fingerprint density at radius 3 is 2.83 bits per heavy atom. The molecular formula is C17H20N2O4. The van der Waals surface area contributed by atoms with Gasteiger partial charge in [-0.25, -0.2) is 5.48 Å². The van der Waals surface area contributed by atoms with E-state index in [0.29, 0.717) is 23.3 Å². The predicted octanol–water partition coefficient (Wildman–Crippen LogP) is 1.63. The van der Waals surface area contributed by atoms with E-state index < -0.39 is 5.91 Å². The Hall–Kier alpha value is -2.18. The largest absolute Gasteiger partial charge is 0.486 e. The molecule has 2 N–H and O–H groups in total. The van der Waals surface area contributed by atoms with Crippen molar-refractivity contribution in [1.82, 2.24) is 10.4 Å². The summed E-state index contributed by atoms with van der Waals surface area (Å²) in [5.41, 5.74) is 2.43. The Morgan fingerprint density at radius 2 is 2.13 bits per heavy atom. The second kappa shape index (κ2) is 6.14. The molecule has 6 heteroatoms. The van der Waals surface area contributed by atoms with Crippen molar-refractivity contribution in [1.29, 1.82) is 0 Å². The number of piperidine rings is 1. The number of carbonyl (C=O) groups excluding carboxylic acids is 2. The third kappa shape index (κ3) is 3.28. The molecule has 0 unspecified atom stereocenters. The van der Waals surface area contributed by atoms with Crippen LogP contribution >= 0.6 is 0 Å². The van der Waals surface area contributed by atoms with Crippen LogP contribution in [0.4, 0.5) is 0 Å². The highest BCUT2D eigenvalue weighted by atomic mass is 16.5. The minimum atomic E-state index is -0.615. The van der Waals surface area contributed by atoms with Gasteiger partial charge in [0.1, 0.15) is 11.4 Å². The standard InChI is InChI=1S/C17H20N2O4/c1-19-8-6-17(7-9-19)11-14(20)13-10-12(2-4-15(13)23-17)3-5-16(21)18-22/h2-5,10,22H,6-9,11H2,1H3,(H,18,21)/b5-3+. The molecule has 1 spiro atoms. The number of amides is 1. The lowest BCUT2D eigenvalue weighted by molar-refractivity contribution is -0.124. The van der Waals surface area contributed by atoms with Gasteiger partial charge in [-0.15, -0.1) is 0 Å². The molecular weight excluding hydrogens is 296 g/mol. The van der Waals surface area contributed by atoms with Gasteiger partial charge in [0, 0.05) is 32.0 Å². The summed E-state index contributed by atoms with van der Waals surface area (Å²) >= 11 is 0. The van der Waals surface area contributed by atoms with Gasteiger partial charge >= 0.3 is 0 Å².